The Hall–Kier alpha value is -0.650. The fourth-order valence-corrected chi connectivity index (χ4v) is 2.72. The van der Waals surface area contributed by atoms with E-state index in [1.54, 1.807) is 0 Å². The van der Waals surface area contributed by atoms with E-state index in [0.29, 0.717) is 12.8 Å². The fourth-order valence-electron chi connectivity index (χ4n) is 2.72. The third-order valence-electron chi connectivity index (χ3n) is 4.24. The number of carbonyl (C=O) groups is 1. The number of hydrogen-bond acceptors (Lipinski definition) is 4. The van der Waals surface area contributed by atoms with Crippen molar-refractivity contribution in [2.24, 2.45) is 0 Å². The molecule has 5 nitrogen and oxygen atoms in total. The molecule has 4 N–H and O–H groups in total. The van der Waals surface area contributed by atoms with Crippen LogP contribution in [0, 0.1) is 0 Å². The third-order valence-corrected chi connectivity index (χ3v) is 4.24. The highest BCUT2D eigenvalue weighted by molar-refractivity contribution is 5.66. The summed E-state index contributed by atoms with van der Waals surface area (Å²) in [4.78, 5) is 10.4. The Labute approximate surface area is 140 Å². The molecule has 0 fully saturated rings. The van der Waals surface area contributed by atoms with E-state index in [0.717, 1.165) is 70.6 Å². The van der Waals surface area contributed by atoms with E-state index >= 15 is 0 Å². The van der Waals surface area contributed by atoms with Gasteiger partial charge in [0.05, 0.1) is 12.2 Å². The van der Waals surface area contributed by atoms with Crippen LogP contribution in [0.1, 0.15) is 89.9 Å². The summed E-state index contributed by atoms with van der Waals surface area (Å²) in [5, 5.41) is 37.0. The Balaban J connectivity index is 3.37. The van der Waals surface area contributed by atoms with Gasteiger partial charge in [-0.05, 0) is 25.7 Å². The molecule has 0 spiro atoms. The normalized spacial score (nSPS) is 13.9. The zero-order valence-electron chi connectivity index (χ0n) is 14.5. The molecule has 0 heterocycles. The maximum Gasteiger partial charge on any atom is 0.303 e. The van der Waals surface area contributed by atoms with Crippen molar-refractivity contribution in [1.82, 2.24) is 0 Å². The second kappa shape index (κ2) is 16.2. The van der Waals surface area contributed by atoms with Crippen LogP contribution in [0.5, 0.6) is 0 Å². The highest BCUT2D eigenvalue weighted by Gasteiger charge is 2.15. The zero-order valence-corrected chi connectivity index (χ0v) is 14.5. The molecule has 0 rings (SSSR count). The first kappa shape index (κ1) is 22.4. The van der Waals surface area contributed by atoms with E-state index < -0.39 is 18.2 Å². The summed E-state index contributed by atoms with van der Waals surface area (Å²) < 4.78 is 0. The minimum Gasteiger partial charge on any atom is -0.481 e. The average Bonchev–Trinajstić information content (AvgIpc) is 2.52. The van der Waals surface area contributed by atoms with Gasteiger partial charge in [0.25, 0.3) is 0 Å². The largest absolute Gasteiger partial charge is 0.481 e. The number of carboxylic acid groups (broad SMARTS) is 1. The van der Waals surface area contributed by atoms with Crippen LogP contribution in [-0.4, -0.2) is 45.2 Å². The van der Waals surface area contributed by atoms with E-state index in [2.05, 4.69) is 0 Å². The van der Waals surface area contributed by atoms with Crippen LogP contribution >= 0.6 is 0 Å². The fraction of sp³-hybridized carbons (Fsp3) is 0.944. The van der Waals surface area contributed by atoms with Crippen LogP contribution < -0.4 is 0 Å². The smallest absolute Gasteiger partial charge is 0.303 e. The Morgan fingerprint density at radius 1 is 0.652 bits per heavy atom. The van der Waals surface area contributed by atoms with Crippen molar-refractivity contribution in [3.05, 3.63) is 0 Å². The number of aliphatic carboxylic acids is 1. The van der Waals surface area contributed by atoms with E-state index in [-0.39, 0.29) is 13.0 Å². The molecular weight excluding hydrogens is 296 g/mol. The van der Waals surface area contributed by atoms with Crippen LogP contribution in [-0.2, 0) is 4.79 Å². The number of rotatable bonds is 17. The molecular formula is C18H36O5. The predicted octanol–water partition coefficient (Wildman–Crippen LogP) is 3.25. The van der Waals surface area contributed by atoms with Gasteiger partial charge in [-0.2, -0.15) is 0 Å². The third kappa shape index (κ3) is 16.0. The second-order valence-electron chi connectivity index (χ2n) is 6.47. The number of unbranched alkanes of at least 4 members (excludes halogenated alkanes) is 9. The van der Waals surface area contributed by atoms with E-state index in [1.165, 1.54) is 0 Å². The first-order valence-electron chi connectivity index (χ1n) is 9.26. The molecule has 23 heavy (non-hydrogen) atoms. The summed E-state index contributed by atoms with van der Waals surface area (Å²) in [7, 11) is 0. The lowest BCUT2D eigenvalue weighted by atomic mass is 9.99. The molecule has 138 valence electrons. The van der Waals surface area contributed by atoms with E-state index in [1.807, 2.05) is 0 Å². The van der Waals surface area contributed by atoms with Gasteiger partial charge >= 0.3 is 5.97 Å². The molecule has 0 aliphatic carbocycles. The number of carboxylic acids is 1. The van der Waals surface area contributed by atoms with Gasteiger partial charge in [0.15, 0.2) is 0 Å². The second-order valence-corrected chi connectivity index (χ2v) is 6.47. The summed E-state index contributed by atoms with van der Waals surface area (Å²) in [5.74, 6) is -0.739. The van der Waals surface area contributed by atoms with Gasteiger partial charge in [0.1, 0.15) is 0 Å². The molecule has 2 unspecified atom stereocenters. The number of hydrogen-bond donors (Lipinski definition) is 4. The molecule has 0 amide bonds. The highest BCUT2D eigenvalue weighted by atomic mass is 16.4. The zero-order chi connectivity index (χ0) is 17.3. The molecule has 2 atom stereocenters. The molecule has 0 aliphatic rings. The predicted molar refractivity (Wildman–Crippen MR) is 91.4 cm³/mol. The molecule has 0 aromatic heterocycles. The standard InChI is InChI=1S/C18H36O5/c19-15-11-7-2-1-4-8-12-16(20)17(21)13-9-5-3-6-10-14-18(22)23/h16-17,19-21H,1-15H2,(H,22,23). The summed E-state index contributed by atoms with van der Waals surface area (Å²) in [6.45, 7) is 0.268. The van der Waals surface area contributed by atoms with Crippen molar-refractivity contribution >= 4 is 5.97 Å². The lowest BCUT2D eigenvalue weighted by molar-refractivity contribution is -0.137. The number of aliphatic hydroxyl groups is 3. The first-order valence-corrected chi connectivity index (χ1v) is 9.26. The lowest BCUT2D eigenvalue weighted by Crippen LogP contribution is -2.25. The van der Waals surface area contributed by atoms with Crippen molar-refractivity contribution in [3.63, 3.8) is 0 Å². The van der Waals surface area contributed by atoms with Gasteiger partial charge < -0.3 is 20.4 Å². The summed E-state index contributed by atoms with van der Waals surface area (Å²) >= 11 is 0. The molecule has 0 aliphatic heterocycles. The minimum absolute atomic E-state index is 0.237. The first-order chi connectivity index (χ1) is 11.1. The van der Waals surface area contributed by atoms with Crippen molar-refractivity contribution < 1.29 is 25.2 Å². The average molecular weight is 332 g/mol. The van der Waals surface area contributed by atoms with Crippen LogP contribution in [0.3, 0.4) is 0 Å². The maximum absolute atomic E-state index is 10.4. The Kier molecular flexibility index (Phi) is 15.8. The van der Waals surface area contributed by atoms with Crippen LogP contribution in [0.25, 0.3) is 0 Å². The van der Waals surface area contributed by atoms with Gasteiger partial charge in [-0.1, -0.05) is 57.8 Å². The minimum atomic E-state index is -0.739. The number of aliphatic hydroxyl groups excluding tert-OH is 3. The van der Waals surface area contributed by atoms with Crippen molar-refractivity contribution in [2.75, 3.05) is 6.61 Å². The van der Waals surface area contributed by atoms with Gasteiger partial charge in [0, 0.05) is 13.0 Å². The molecule has 0 radical (unpaired) electrons. The summed E-state index contributed by atoms with van der Waals surface area (Å²) in [5.41, 5.74) is 0. The topological polar surface area (TPSA) is 98.0 Å². The van der Waals surface area contributed by atoms with Crippen molar-refractivity contribution in [3.8, 4) is 0 Å². The summed E-state index contributed by atoms with van der Waals surface area (Å²) in [6.07, 6.45) is 10.9. The van der Waals surface area contributed by atoms with E-state index in [9.17, 15) is 15.0 Å². The van der Waals surface area contributed by atoms with Crippen LogP contribution in [0.4, 0.5) is 0 Å². The SMILES string of the molecule is O=C(O)CCCCCCCC(O)C(O)CCCCCCCCO. The van der Waals surface area contributed by atoms with Crippen LogP contribution in [0.15, 0.2) is 0 Å². The van der Waals surface area contributed by atoms with Gasteiger partial charge in [-0.3, -0.25) is 4.79 Å². The maximum atomic E-state index is 10.4. The van der Waals surface area contributed by atoms with Crippen LogP contribution in [0.2, 0.25) is 0 Å². The van der Waals surface area contributed by atoms with Crippen molar-refractivity contribution in [2.45, 2.75) is 102 Å². The molecule has 0 aromatic carbocycles. The van der Waals surface area contributed by atoms with E-state index in [4.69, 9.17) is 10.2 Å². The Bertz CT molecular complexity index is 270. The molecule has 5 heteroatoms. The highest BCUT2D eigenvalue weighted by Crippen LogP contribution is 2.15. The molecule has 0 bridgehead atoms. The Morgan fingerprint density at radius 3 is 1.48 bits per heavy atom. The summed E-state index contributed by atoms with van der Waals surface area (Å²) in [6, 6.07) is 0. The Morgan fingerprint density at radius 2 is 1.04 bits per heavy atom. The molecule has 0 saturated heterocycles. The van der Waals surface area contributed by atoms with Gasteiger partial charge in [-0.15, -0.1) is 0 Å². The molecule has 0 aromatic rings. The molecule has 0 saturated carbocycles. The van der Waals surface area contributed by atoms with Gasteiger partial charge in [0.2, 0.25) is 0 Å². The van der Waals surface area contributed by atoms with Gasteiger partial charge in [-0.25, -0.2) is 0 Å². The lowest BCUT2D eigenvalue weighted by Gasteiger charge is -2.17. The quantitative estimate of drug-likeness (QED) is 0.307. The monoisotopic (exact) mass is 332 g/mol. The van der Waals surface area contributed by atoms with Crippen molar-refractivity contribution in [1.29, 1.82) is 0 Å².